The minimum atomic E-state index is -0.506. The first-order valence-corrected chi connectivity index (χ1v) is 6.35. The van der Waals surface area contributed by atoms with Crippen molar-refractivity contribution in [2.75, 3.05) is 5.73 Å². The highest BCUT2D eigenvalue weighted by molar-refractivity contribution is 5.82. The number of nitrogen functional groups attached to an aromatic ring is 1. The number of hydrogen-bond donors (Lipinski definition) is 2. The lowest BCUT2D eigenvalue weighted by Crippen LogP contribution is -2.35. The van der Waals surface area contributed by atoms with Gasteiger partial charge < -0.3 is 5.73 Å². The van der Waals surface area contributed by atoms with Crippen LogP contribution in [0, 0.1) is 0 Å². The summed E-state index contributed by atoms with van der Waals surface area (Å²) in [5, 5.41) is 0. The topological polar surface area (TPSA) is 93.2 Å². The minimum absolute atomic E-state index is 0.0143. The van der Waals surface area contributed by atoms with E-state index in [2.05, 4.69) is 9.98 Å². The van der Waals surface area contributed by atoms with Crippen LogP contribution in [-0.2, 0) is 6.54 Å². The molecule has 0 spiro atoms. The number of nitrogens with one attached hydrogen (secondary N) is 1. The molecule has 0 saturated heterocycles. The third kappa shape index (κ3) is 2.85. The second-order valence-electron chi connectivity index (χ2n) is 4.32. The van der Waals surface area contributed by atoms with Gasteiger partial charge in [-0.15, -0.1) is 0 Å². The Morgan fingerprint density at radius 2 is 2.00 bits per heavy atom. The number of benzene rings is 1. The van der Waals surface area contributed by atoms with E-state index in [1.165, 1.54) is 0 Å². The highest BCUT2D eigenvalue weighted by Gasteiger charge is 2.10. The monoisotopic (exact) mass is 272 g/mol. The molecule has 1 heterocycles. The molecule has 0 atom stereocenters. The quantitative estimate of drug-likeness (QED) is 0.821. The van der Waals surface area contributed by atoms with Crippen LogP contribution >= 0.6 is 0 Å². The molecular weight excluding hydrogens is 256 g/mol. The number of aliphatic imine (C=N–C) groups is 1. The Bertz CT molecular complexity index is 729. The molecule has 1 aromatic carbocycles. The molecule has 0 aliphatic rings. The van der Waals surface area contributed by atoms with Crippen LogP contribution in [0.1, 0.15) is 18.9 Å². The van der Waals surface area contributed by atoms with E-state index in [1.807, 2.05) is 37.3 Å². The smallest absolute Gasteiger partial charge is 0.330 e. The Kier molecular flexibility index (Phi) is 4.14. The molecule has 2 aromatic rings. The number of hydrogen-bond acceptors (Lipinski definition) is 4. The fourth-order valence-corrected chi connectivity index (χ4v) is 1.81. The Hall–Kier alpha value is -2.63. The van der Waals surface area contributed by atoms with Gasteiger partial charge in [0.1, 0.15) is 5.82 Å². The Labute approximate surface area is 115 Å². The van der Waals surface area contributed by atoms with Crippen LogP contribution in [0.25, 0.3) is 0 Å². The average Bonchev–Trinajstić information content (AvgIpc) is 2.44. The van der Waals surface area contributed by atoms with E-state index in [9.17, 15) is 9.59 Å². The van der Waals surface area contributed by atoms with E-state index in [4.69, 9.17) is 5.73 Å². The van der Waals surface area contributed by atoms with Crippen LogP contribution in [0.5, 0.6) is 0 Å². The van der Waals surface area contributed by atoms with E-state index >= 15 is 0 Å². The number of nitrogens with zero attached hydrogens (tertiary/aromatic N) is 2. The molecule has 6 nitrogen and oxygen atoms in total. The van der Waals surface area contributed by atoms with Gasteiger partial charge in [-0.1, -0.05) is 37.3 Å². The maximum absolute atomic E-state index is 12.2. The third-order valence-electron chi connectivity index (χ3n) is 2.78. The molecule has 0 unspecified atom stereocenters. The molecule has 0 aliphatic carbocycles. The zero-order valence-electron chi connectivity index (χ0n) is 11.2. The molecule has 0 saturated carbocycles. The first-order chi connectivity index (χ1) is 9.63. The second kappa shape index (κ2) is 6.01. The van der Waals surface area contributed by atoms with Gasteiger partial charge in [0.25, 0.3) is 5.56 Å². The van der Waals surface area contributed by atoms with E-state index in [1.54, 1.807) is 6.21 Å². The number of anilines is 1. The molecular formula is C14H16N4O2. The van der Waals surface area contributed by atoms with Crippen molar-refractivity contribution in [2.24, 2.45) is 4.99 Å². The summed E-state index contributed by atoms with van der Waals surface area (Å²) in [5.41, 5.74) is 5.59. The largest absolute Gasteiger partial charge is 0.383 e. The summed E-state index contributed by atoms with van der Waals surface area (Å²) in [6.45, 7) is 2.22. The lowest BCUT2D eigenvalue weighted by molar-refractivity contribution is 0.618. The van der Waals surface area contributed by atoms with E-state index in [-0.39, 0.29) is 11.5 Å². The van der Waals surface area contributed by atoms with Gasteiger partial charge in [0.2, 0.25) is 0 Å². The number of rotatable bonds is 4. The molecule has 20 heavy (non-hydrogen) atoms. The fourth-order valence-electron chi connectivity index (χ4n) is 1.81. The summed E-state index contributed by atoms with van der Waals surface area (Å²) in [7, 11) is 0. The van der Waals surface area contributed by atoms with Gasteiger partial charge >= 0.3 is 5.69 Å². The van der Waals surface area contributed by atoms with Crippen molar-refractivity contribution in [1.82, 2.24) is 9.55 Å². The number of aromatic nitrogens is 2. The number of aromatic amines is 1. The summed E-state index contributed by atoms with van der Waals surface area (Å²) in [6.07, 6.45) is 2.22. The van der Waals surface area contributed by atoms with Crippen LogP contribution in [0.4, 0.5) is 11.5 Å². The van der Waals surface area contributed by atoms with Crippen molar-refractivity contribution in [3.63, 3.8) is 0 Å². The molecule has 3 N–H and O–H groups in total. The molecule has 104 valence electrons. The molecule has 0 bridgehead atoms. The van der Waals surface area contributed by atoms with Crippen molar-refractivity contribution in [1.29, 1.82) is 0 Å². The van der Waals surface area contributed by atoms with Crippen LogP contribution in [0.2, 0.25) is 0 Å². The highest BCUT2D eigenvalue weighted by atomic mass is 16.2. The van der Waals surface area contributed by atoms with Crippen molar-refractivity contribution in [3.8, 4) is 0 Å². The van der Waals surface area contributed by atoms with Gasteiger partial charge in [0.15, 0.2) is 5.69 Å². The van der Waals surface area contributed by atoms with Gasteiger partial charge in [-0.25, -0.2) is 9.79 Å². The number of nitrogens with two attached hydrogens (primary N) is 1. The lowest BCUT2D eigenvalue weighted by atomic mass is 10.2. The SMILES string of the molecule is CCCn1c(=O)[nH]c(N)c(N=Cc2ccccc2)c1=O. The fraction of sp³-hybridized carbons (Fsp3) is 0.214. The van der Waals surface area contributed by atoms with Gasteiger partial charge in [-0.05, 0) is 12.0 Å². The van der Waals surface area contributed by atoms with Gasteiger partial charge in [0, 0.05) is 12.8 Å². The molecule has 0 radical (unpaired) electrons. The van der Waals surface area contributed by atoms with Crippen LogP contribution in [-0.4, -0.2) is 15.8 Å². The minimum Gasteiger partial charge on any atom is -0.383 e. The van der Waals surface area contributed by atoms with Crippen LogP contribution in [0.3, 0.4) is 0 Å². The van der Waals surface area contributed by atoms with Crippen LogP contribution in [0.15, 0.2) is 44.9 Å². The summed E-state index contributed by atoms with van der Waals surface area (Å²) >= 11 is 0. The maximum atomic E-state index is 12.2. The molecule has 2 rings (SSSR count). The summed E-state index contributed by atoms with van der Waals surface area (Å²) in [5.74, 6) is -0.0143. The van der Waals surface area contributed by atoms with Crippen molar-refractivity contribution in [3.05, 3.63) is 56.7 Å². The predicted molar refractivity (Wildman–Crippen MR) is 79.7 cm³/mol. The zero-order valence-corrected chi connectivity index (χ0v) is 11.2. The normalized spacial score (nSPS) is 11.1. The van der Waals surface area contributed by atoms with Crippen molar-refractivity contribution in [2.45, 2.75) is 19.9 Å². The first kappa shape index (κ1) is 13.8. The molecule has 1 aromatic heterocycles. The highest BCUT2D eigenvalue weighted by Crippen LogP contribution is 2.11. The van der Waals surface area contributed by atoms with Crippen molar-refractivity contribution < 1.29 is 0 Å². The van der Waals surface area contributed by atoms with E-state index in [0.29, 0.717) is 13.0 Å². The zero-order chi connectivity index (χ0) is 14.5. The Morgan fingerprint density at radius 3 is 2.65 bits per heavy atom. The van der Waals surface area contributed by atoms with Gasteiger partial charge in [-0.3, -0.25) is 14.3 Å². The summed E-state index contributed by atoms with van der Waals surface area (Å²) in [4.78, 5) is 30.4. The average molecular weight is 272 g/mol. The Balaban J connectivity index is 2.47. The molecule has 6 heteroatoms. The third-order valence-corrected chi connectivity index (χ3v) is 2.78. The van der Waals surface area contributed by atoms with E-state index in [0.717, 1.165) is 10.1 Å². The number of H-pyrrole nitrogens is 1. The lowest BCUT2D eigenvalue weighted by Gasteiger charge is -2.05. The molecule has 0 aliphatic heterocycles. The standard InChI is InChI=1S/C14H16N4O2/c1-2-8-18-13(19)11(12(15)17-14(18)20)16-9-10-6-4-3-5-7-10/h3-7,9H,2,8,15H2,1H3,(H,17,20). The van der Waals surface area contributed by atoms with Crippen molar-refractivity contribution >= 4 is 17.7 Å². The summed E-state index contributed by atoms with van der Waals surface area (Å²) in [6, 6.07) is 9.34. The van der Waals surface area contributed by atoms with Gasteiger partial charge in [-0.2, -0.15) is 0 Å². The molecule has 0 fully saturated rings. The maximum Gasteiger partial charge on any atom is 0.330 e. The summed E-state index contributed by atoms with van der Waals surface area (Å²) < 4.78 is 1.11. The first-order valence-electron chi connectivity index (χ1n) is 6.35. The van der Waals surface area contributed by atoms with Crippen LogP contribution < -0.4 is 17.0 Å². The predicted octanol–water partition coefficient (Wildman–Crippen LogP) is 1.28. The second-order valence-corrected chi connectivity index (χ2v) is 4.32. The van der Waals surface area contributed by atoms with Gasteiger partial charge in [0.05, 0.1) is 0 Å². The Morgan fingerprint density at radius 1 is 1.30 bits per heavy atom. The molecule has 0 amide bonds. The van der Waals surface area contributed by atoms with E-state index < -0.39 is 11.2 Å².